The van der Waals surface area contributed by atoms with Gasteiger partial charge in [0.05, 0.1) is 0 Å². The molecule has 0 radical (unpaired) electrons. The van der Waals surface area contributed by atoms with E-state index in [9.17, 15) is 0 Å². The normalized spacial score (nSPS) is 13.4. The number of nitrogens with zero attached hydrogens (tertiary/aromatic N) is 3. The molecule has 0 fully saturated rings. The van der Waals surface area contributed by atoms with E-state index in [0.717, 1.165) is 28.4 Å². The lowest BCUT2D eigenvalue weighted by molar-refractivity contribution is 0.590. The number of hydrogen-bond acceptors (Lipinski definition) is 4. The summed E-state index contributed by atoms with van der Waals surface area (Å²) in [5.74, 6) is 0. The molecule has 0 spiro atoms. The minimum Gasteiger partial charge on any atom is -0.311 e. The zero-order valence-corrected chi connectivity index (χ0v) is 49.9. The van der Waals surface area contributed by atoms with Crippen molar-refractivity contribution in [2.45, 2.75) is 105 Å². The first kappa shape index (κ1) is 52.3. The van der Waals surface area contributed by atoms with Crippen molar-refractivity contribution >= 4 is 106 Å². The maximum Gasteiger partial charge on any atom is 0.252 e. The quantitative estimate of drug-likeness (QED) is 0.147. The van der Waals surface area contributed by atoms with Crippen molar-refractivity contribution in [2.75, 3.05) is 14.7 Å². The first-order chi connectivity index (χ1) is 38.7. The summed E-state index contributed by atoms with van der Waals surface area (Å²) in [7, 11) is 0. The SMILES string of the molecule is CC(C)(C)c1ccc(N(c2ccc(C(C)(C)C)cc2)c2ccc3c(c2)N(c2ccc(-c4cccc5c4sc4ccccc45)cc2)c2cc(C(C)(C)C)cc4c2B3c2cc(-c3ccccc3)ccc2N4c2ccc(C(C)(C)C)cc2)cc1. The van der Waals surface area contributed by atoms with Crippen LogP contribution in [0.2, 0.25) is 0 Å². The maximum atomic E-state index is 2.60. The molecule has 0 N–H and O–H groups in total. The summed E-state index contributed by atoms with van der Waals surface area (Å²) in [6.45, 7) is 27.7. The molecule has 10 aromatic carbocycles. The summed E-state index contributed by atoms with van der Waals surface area (Å²) < 4.78 is 2.64. The Labute approximate surface area is 485 Å². The number of anilines is 9. The van der Waals surface area contributed by atoms with E-state index in [1.807, 2.05) is 11.3 Å². The fraction of sp³-hybridized carbons (Fsp3) is 0.211. The third-order valence-corrected chi connectivity index (χ3v) is 18.3. The lowest BCUT2D eigenvalue weighted by Crippen LogP contribution is -2.61. The van der Waals surface area contributed by atoms with Gasteiger partial charge in [0, 0.05) is 71.4 Å². The summed E-state index contributed by atoms with van der Waals surface area (Å²) >= 11 is 1.89. The second-order valence-corrected chi connectivity index (χ2v) is 27.8. The predicted octanol–water partition coefficient (Wildman–Crippen LogP) is 20.1. The maximum absolute atomic E-state index is 2.60. The Kier molecular flexibility index (Phi) is 12.4. The Balaban J connectivity index is 1.08. The van der Waals surface area contributed by atoms with Crippen LogP contribution in [-0.2, 0) is 21.7 Å². The molecule has 2 aliphatic heterocycles. The summed E-state index contributed by atoms with van der Waals surface area (Å²) in [6.07, 6.45) is 0. The van der Waals surface area contributed by atoms with Gasteiger partial charge in [-0.3, -0.25) is 0 Å². The van der Waals surface area contributed by atoms with Crippen LogP contribution in [0.1, 0.15) is 105 Å². The average molecular weight is 1070 g/mol. The molecule has 13 rings (SSSR count). The molecule has 1 aromatic heterocycles. The molecule has 0 amide bonds. The lowest BCUT2D eigenvalue weighted by Gasteiger charge is -2.45. The van der Waals surface area contributed by atoms with Crippen LogP contribution < -0.4 is 31.1 Å². The second-order valence-electron chi connectivity index (χ2n) is 26.7. The number of rotatable bonds is 7. The van der Waals surface area contributed by atoms with E-state index >= 15 is 0 Å². The van der Waals surface area contributed by atoms with Crippen LogP contribution in [-0.4, -0.2) is 6.71 Å². The molecule has 5 heteroatoms. The topological polar surface area (TPSA) is 9.72 Å². The summed E-state index contributed by atoms with van der Waals surface area (Å²) in [5.41, 5.74) is 24.3. The molecule has 0 atom stereocenters. The van der Waals surface area contributed by atoms with Gasteiger partial charge in [-0.2, -0.15) is 0 Å². The Hall–Kier alpha value is -8.12. The largest absolute Gasteiger partial charge is 0.311 e. The van der Waals surface area contributed by atoms with Crippen molar-refractivity contribution in [1.82, 2.24) is 0 Å². The molecule has 0 saturated heterocycles. The highest BCUT2D eigenvalue weighted by molar-refractivity contribution is 7.26. The van der Waals surface area contributed by atoms with Crippen molar-refractivity contribution in [2.24, 2.45) is 0 Å². The highest BCUT2D eigenvalue weighted by Gasteiger charge is 2.45. The van der Waals surface area contributed by atoms with Crippen LogP contribution in [0.3, 0.4) is 0 Å². The zero-order valence-electron chi connectivity index (χ0n) is 49.1. The van der Waals surface area contributed by atoms with Gasteiger partial charge in [-0.1, -0.05) is 217 Å². The van der Waals surface area contributed by atoms with E-state index in [-0.39, 0.29) is 28.4 Å². The van der Waals surface area contributed by atoms with Crippen LogP contribution in [0.15, 0.2) is 218 Å². The monoisotopic (exact) mass is 1070 g/mol. The Morgan fingerprint density at radius 3 is 1.42 bits per heavy atom. The first-order valence-electron chi connectivity index (χ1n) is 28.9. The van der Waals surface area contributed by atoms with Gasteiger partial charge in [-0.25, -0.2) is 0 Å². The fourth-order valence-electron chi connectivity index (χ4n) is 12.5. The molecule has 0 aliphatic carbocycles. The molecule has 400 valence electrons. The molecule has 0 unspecified atom stereocenters. The average Bonchev–Trinajstić information content (AvgIpc) is 3.91. The van der Waals surface area contributed by atoms with Crippen LogP contribution in [0.25, 0.3) is 42.4 Å². The third kappa shape index (κ3) is 9.24. The van der Waals surface area contributed by atoms with Crippen molar-refractivity contribution in [3.05, 3.63) is 241 Å². The van der Waals surface area contributed by atoms with Gasteiger partial charge in [-0.05, 0) is 167 Å². The number of thiophene rings is 1. The minimum absolute atomic E-state index is 0.0175. The summed E-state index contributed by atoms with van der Waals surface area (Å²) in [4.78, 5) is 7.63. The third-order valence-electron chi connectivity index (χ3n) is 17.1. The Morgan fingerprint density at radius 1 is 0.346 bits per heavy atom. The fourth-order valence-corrected chi connectivity index (χ4v) is 13.7. The van der Waals surface area contributed by atoms with E-state index in [1.54, 1.807) is 0 Å². The Morgan fingerprint density at radius 2 is 0.840 bits per heavy atom. The lowest BCUT2D eigenvalue weighted by atomic mass is 9.33. The molecule has 11 aromatic rings. The Bertz CT molecular complexity index is 4130. The standard InChI is InChI=1S/C76H72BN3S/c1-73(2,3)52-28-36-56(37-29-52)78(57-38-30-53(31-39-57)74(4,5)6)60-42-43-64-67(48-60)80(58-34-25-50(26-35-58)61-22-18-23-63-62-21-16-17-24-70(62)81-72(61)63)69-47-55(76(10,11)12)46-68-71(69)77(64)65-45-51(49-19-14-13-15-20-49)27-44-66(65)79(68)59-40-32-54(33-41-59)75(7,8)9/h13-48H,1-12H3. The van der Waals surface area contributed by atoms with Gasteiger partial charge in [-0.15, -0.1) is 11.3 Å². The van der Waals surface area contributed by atoms with E-state index in [2.05, 4.69) is 316 Å². The van der Waals surface area contributed by atoms with Crippen LogP contribution in [0.5, 0.6) is 0 Å². The van der Waals surface area contributed by atoms with Crippen LogP contribution in [0, 0.1) is 0 Å². The van der Waals surface area contributed by atoms with Gasteiger partial charge in [0.2, 0.25) is 0 Å². The van der Waals surface area contributed by atoms with Gasteiger partial charge in [0.15, 0.2) is 0 Å². The molecule has 0 saturated carbocycles. The number of fused-ring (bicyclic) bond motifs is 7. The zero-order chi connectivity index (χ0) is 56.3. The van der Waals surface area contributed by atoms with Gasteiger partial charge < -0.3 is 14.7 Å². The minimum atomic E-state index is -0.171. The van der Waals surface area contributed by atoms with E-state index in [0.29, 0.717) is 0 Å². The van der Waals surface area contributed by atoms with Crippen molar-refractivity contribution < 1.29 is 0 Å². The van der Waals surface area contributed by atoms with E-state index in [1.165, 1.54) is 104 Å². The number of hydrogen-bond donors (Lipinski definition) is 0. The molecule has 3 nitrogen and oxygen atoms in total. The highest BCUT2D eigenvalue weighted by Crippen LogP contribution is 2.49. The summed E-state index contributed by atoms with van der Waals surface area (Å²) in [5, 5.41) is 2.63. The molecule has 3 heterocycles. The molecular weight excluding hydrogens is 998 g/mol. The summed E-state index contributed by atoms with van der Waals surface area (Å²) in [6, 6.07) is 83.4. The smallest absolute Gasteiger partial charge is 0.252 e. The molecule has 2 aliphatic rings. The molecule has 0 bridgehead atoms. The van der Waals surface area contributed by atoms with Crippen LogP contribution in [0.4, 0.5) is 51.2 Å². The first-order valence-corrected chi connectivity index (χ1v) is 29.8. The second kappa shape index (κ2) is 19.3. The van der Waals surface area contributed by atoms with Gasteiger partial charge >= 0.3 is 0 Å². The number of benzene rings is 10. The molecule has 81 heavy (non-hydrogen) atoms. The molecular formula is C76H72BN3S. The highest BCUT2D eigenvalue weighted by atomic mass is 32.1. The van der Waals surface area contributed by atoms with Gasteiger partial charge in [0.1, 0.15) is 0 Å². The van der Waals surface area contributed by atoms with Crippen molar-refractivity contribution in [3.63, 3.8) is 0 Å². The van der Waals surface area contributed by atoms with Gasteiger partial charge in [0.25, 0.3) is 6.71 Å². The van der Waals surface area contributed by atoms with E-state index in [4.69, 9.17) is 0 Å². The van der Waals surface area contributed by atoms with Crippen molar-refractivity contribution in [1.29, 1.82) is 0 Å². The van der Waals surface area contributed by atoms with Crippen LogP contribution >= 0.6 is 11.3 Å². The van der Waals surface area contributed by atoms with Crippen molar-refractivity contribution in [3.8, 4) is 22.3 Å². The predicted molar refractivity (Wildman–Crippen MR) is 354 cm³/mol. The van der Waals surface area contributed by atoms with E-state index < -0.39 is 0 Å².